The number of nitrogens with zero attached hydrogens (tertiary/aromatic N) is 7. The molecule has 0 unspecified atom stereocenters. The number of nitrogens with one attached hydrogen (secondary N) is 2. The number of hydrogen-bond donors (Lipinski definition) is 11. The standard InChI is InChI=1S/C70H77N11O19S5/c1-39-29-44(46-14-19-52(41(3)31-46)76-78-55-22-17-50-58(104(95,96)97)35-60(105(98,99)100)67(72)65(50)69(55)88)12-11-43(39)33-48(101)9-7-6-8-10-56(73-61(82)36-79-23-25-80(37-62(83)84)27-28-81(26-24-79)38-63(85)86)70(89)74-51-18-13-45(30-40(51)2)47-15-20-53(42(4)32-47)75-77-54-21-16-49-57(103(92,93)94)34-59(102(5,90)91)66(71)64(49)68(54)87/h11-22,29-32,34-35,56,87-88H,6-10,23-28,33,36-38,71-72H2,1-5H3,(H,73,82)(H,74,89)(H,83,84)(H,85,86)(H,92,93,94)(H,95,96,97)(H,98,99,100)/t56-/m0/s1. The molecular formula is C70H77N11O19S5. The van der Waals surface area contributed by atoms with Crippen LogP contribution < -0.4 is 22.1 Å². The molecule has 13 N–H and O–H groups in total. The lowest BCUT2D eigenvalue weighted by atomic mass is 9.95. The summed E-state index contributed by atoms with van der Waals surface area (Å²) < 4.78 is 128. The zero-order chi connectivity index (χ0) is 76.8. The highest BCUT2D eigenvalue weighted by Gasteiger charge is 2.30. The topological polar surface area (TPSA) is 482 Å². The van der Waals surface area contributed by atoms with Gasteiger partial charge in [0.2, 0.25) is 11.8 Å². The lowest BCUT2D eigenvalue weighted by molar-refractivity contribution is -0.140. The van der Waals surface area contributed by atoms with Crippen molar-refractivity contribution in [2.75, 3.05) is 81.9 Å². The number of hydrogen-bond acceptors (Lipinski definition) is 24. The molecule has 105 heavy (non-hydrogen) atoms. The minimum atomic E-state index is -5.11. The van der Waals surface area contributed by atoms with E-state index in [9.17, 15) is 86.9 Å². The number of phenols is 2. The molecule has 8 aromatic carbocycles. The summed E-state index contributed by atoms with van der Waals surface area (Å²) in [5.41, 5.74) is 19.0. The van der Waals surface area contributed by atoms with E-state index in [-0.39, 0.29) is 53.6 Å². The summed E-state index contributed by atoms with van der Waals surface area (Å²) in [5.74, 6) is -4.49. The molecule has 35 heteroatoms. The van der Waals surface area contributed by atoms with Gasteiger partial charge in [0, 0.05) is 68.4 Å². The molecule has 1 fully saturated rings. The molecule has 9 rings (SSSR count). The second kappa shape index (κ2) is 32.7. The number of amides is 2. The number of azo groups is 2. The van der Waals surface area contributed by atoms with Gasteiger partial charge in [0.25, 0.3) is 30.4 Å². The van der Waals surface area contributed by atoms with Gasteiger partial charge in [-0.15, -0.1) is 10.2 Å². The largest absolute Gasteiger partial charge is 0.505 e. The Bertz CT molecular complexity index is 5340. The van der Waals surface area contributed by atoms with Crippen molar-refractivity contribution in [3.05, 3.63) is 137 Å². The third kappa shape index (κ3) is 19.8. The quantitative estimate of drug-likeness (QED) is 0.00749. The van der Waals surface area contributed by atoms with Crippen molar-refractivity contribution in [3.8, 4) is 33.8 Å². The third-order valence-corrected chi connectivity index (χ3v) is 22.0. The fourth-order valence-corrected chi connectivity index (χ4v) is 15.7. The average Bonchev–Trinajstić information content (AvgIpc) is 0.762. The zero-order valence-corrected chi connectivity index (χ0v) is 61.5. The highest BCUT2D eigenvalue weighted by molar-refractivity contribution is 7.91. The number of rotatable bonds is 27. The fourth-order valence-electron chi connectivity index (χ4n) is 12.3. The van der Waals surface area contributed by atoms with Crippen molar-refractivity contribution in [1.82, 2.24) is 20.0 Å². The molecule has 1 saturated heterocycles. The molecule has 1 aliphatic rings. The summed E-state index contributed by atoms with van der Waals surface area (Å²) in [6, 6.07) is 27.0. The summed E-state index contributed by atoms with van der Waals surface area (Å²) in [6.07, 6.45) is 3.99. The summed E-state index contributed by atoms with van der Waals surface area (Å²) >= 11 is 5.91. The van der Waals surface area contributed by atoms with E-state index in [4.69, 9.17) is 23.7 Å². The Hall–Kier alpha value is -9.79. The van der Waals surface area contributed by atoms with Gasteiger partial charge in [-0.25, -0.2) is 8.42 Å². The second-order valence-corrected chi connectivity index (χ2v) is 32.3. The Morgan fingerprint density at radius 1 is 0.505 bits per heavy atom. The number of nitrogen functional groups attached to an aromatic ring is 2. The van der Waals surface area contributed by atoms with Crippen LogP contribution in [0.1, 0.15) is 59.9 Å². The maximum Gasteiger partial charge on any atom is 0.317 e. The molecule has 0 spiro atoms. The molecule has 556 valence electrons. The van der Waals surface area contributed by atoms with E-state index in [1.807, 2.05) is 56.3 Å². The van der Waals surface area contributed by atoms with E-state index in [2.05, 4.69) is 31.1 Å². The maximum atomic E-state index is 14.4. The summed E-state index contributed by atoms with van der Waals surface area (Å²) in [7, 11) is -19.3. The van der Waals surface area contributed by atoms with Crippen molar-refractivity contribution < 1.29 is 86.9 Å². The molecule has 1 heterocycles. The number of aryl methyl sites for hydroxylation is 4. The number of aromatic hydroxyl groups is 2. The molecule has 0 radical (unpaired) electrons. The molecule has 0 aliphatic carbocycles. The number of carbonyl (C=O) groups is 4. The van der Waals surface area contributed by atoms with Crippen LogP contribution in [0.4, 0.5) is 39.8 Å². The van der Waals surface area contributed by atoms with E-state index in [1.165, 1.54) is 18.2 Å². The lowest BCUT2D eigenvalue weighted by Gasteiger charge is -2.26. The Morgan fingerprint density at radius 3 is 1.33 bits per heavy atom. The van der Waals surface area contributed by atoms with Gasteiger partial charge in [0.05, 0.1) is 58.1 Å². The lowest BCUT2D eigenvalue weighted by Crippen LogP contribution is -2.49. The van der Waals surface area contributed by atoms with Gasteiger partial charge in [-0.3, -0.25) is 47.5 Å². The van der Waals surface area contributed by atoms with Crippen molar-refractivity contribution in [1.29, 1.82) is 0 Å². The maximum absolute atomic E-state index is 14.4. The SMILES string of the molecule is Cc1cc(-c2ccc(N=Nc3ccc4c(S(=O)(=O)O)cc(S(=O)(=O)O)c(N)c4c3O)c(C)c2)ccc1CC(=S)CCCCC[C@H](NC(=O)CN1CCN(CC(=O)O)CCN(CC(=O)O)CC1)C(=O)Nc1ccc(-c2ccc(N=Nc3ccc4c(S(=O)(=O)O)cc(S(C)(=O)=O)c(N)c4c3O)c(C)c2)cc1C. The minimum absolute atomic E-state index is 0.163. The first-order chi connectivity index (χ1) is 49.2. The van der Waals surface area contributed by atoms with Gasteiger partial charge in [-0.1, -0.05) is 73.6 Å². The zero-order valence-electron chi connectivity index (χ0n) is 57.4. The first kappa shape index (κ1) is 79.3. The fraction of sp³-hybridized carbons (Fsp3) is 0.300. The molecule has 0 aromatic heterocycles. The van der Waals surface area contributed by atoms with Crippen LogP contribution in [-0.2, 0) is 65.8 Å². The predicted octanol–water partition coefficient (Wildman–Crippen LogP) is 10.2. The molecule has 30 nitrogen and oxygen atoms in total. The Balaban J connectivity index is 0.851. The van der Waals surface area contributed by atoms with Crippen LogP contribution in [0.5, 0.6) is 11.5 Å². The Kier molecular flexibility index (Phi) is 24.7. The van der Waals surface area contributed by atoms with Crippen LogP contribution >= 0.6 is 12.2 Å². The van der Waals surface area contributed by atoms with Crippen LogP contribution in [0, 0.1) is 27.7 Å². The van der Waals surface area contributed by atoms with Crippen molar-refractivity contribution in [2.24, 2.45) is 20.5 Å². The number of aliphatic carboxylic acids is 2. The highest BCUT2D eigenvalue weighted by atomic mass is 32.2. The number of sulfone groups is 1. The summed E-state index contributed by atoms with van der Waals surface area (Å²) in [6.45, 7) is 8.41. The van der Waals surface area contributed by atoms with Crippen LogP contribution in [0.25, 0.3) is 43.8 Å². The van der Waals surface area contributed by atoms with Crippen molar-refractivity contribution in [3.63, 3.8) is 0 Å². The number of benzene rings is 8. The molecular weight excluding hydrogens is 1460 g/mol. The number of carboxylic acids is 2. The minimum Gasteiger partial charge on any atom is -0.505 e. The number of nitrogens with two attached hydrogens (primary N) is 2. The van der Waals surface area contributed by atoms with Gasteiger partial charge in [-0.2, -0.15) is 35.5 Å². The number of fused-ring (bicyclic) bond motifs is 2. The number of anilines is 3. The molecule has 1 atom stereocenters. The number of carbonyl (C=O) groups excluding carboxylic acids is 2. The van der Waals surface area contributed by atoms with Gasteiger partial charge < -0.3 is 42.5 Å². The van der Waals surface area contributed by atoms with Gasteiger partial charge in [-0.05, 0) is 163 Å². The highest BCUT2D eigenvalue weighted by Crippen LogP contribution is 2.46. The van der Waals surface area contributed by atoms with Crippen molar-refractivity contribution in [2.45, 2.75) is 91.8 Å². The van der Waals surface area contributed by atoms with Gasteiger partial charge >= 0.3 is 11.9 Å². The Labute approximate surface area is 610 Å². The first-order valence-electron chi connectivity index (χ1n) is 32.5. The normalized spacial score (nSPS) is 14.3. The summed E-state index contributed by atoms with van der Waals surface area (Å²) in [5, 5.41) is 63.0. The third-order valence-electron chi connectivity index (χ3n) is 17.9. The first-order valence-corrected chi connectivity index (χ1v) is 39.1. The van der Waals surface area contributed by atoms with Crippen LogP contribution in [0.15, 0.2) is 149 Å². The van der Waals surface area contributed by atoms with Gasteiger partial charge in [0.15, 0.2) is 21.3 Å². The average molecular weight is 1540 g/mol. The van der Waals surface area contributed by atoms with Crippen molar-refractivity contribution >= 4 is 142 Å². The van der Waals surface area contributed by atoms with E-state index < -0.39 is 118 Å². The smallest absolute Gasteiger partial charge is 0.317 e. The number of unbranched alkanes of at least 4 members (excludes halogenated alkanes) is 2. The van der Waals surface area contributed by atoms with E-state index >= 15 is 0 Å². The van der Waals surface area contributed by atoms with Crippen LogP contribution in [0.2, 0.25) is 0 Å². The number of phenolic OH excluding ortho intramolecular Hbond substituents is 2. The van der Waals surface area contributed by atoms with E-state index in [0.29, 0.717) is 111 Å². The summed E-state index contributed by atoms with van der Waals surface area (Å²) in [4.78, 5) is 54.6. The molecule has 0 saturated carbocycles. The Morgan fingerprint density at radius 2 is 0.905 bits per heavy atom. The number of thiocarbonyl (C=S) groups is 1. The van der Waals surface area contributed by atoms with Crippen LogP contribution in [0.3, 0.4) is 0 Å². The molecule has 1 aliphatic heterocycles. The monoisotopic (exact) mass is 1540 g/mol. The molecule has 2 amide bonds. The molecule has 0 bridgehead atoms. The predicted molar refractivity (Wildman–Crippen MR) is 398 cm³/mol. The van der Waals surface area contributed by atoms with Gasteiger partial charge in [0.1, 0.15) is 32.1 Å². The van der Waals surface area contributed by atoms with E-state index in [1.54, 1.807) is 58.9 Å². The second-order valence-electron chi connectivity index (χ2n) is 25.6. The van der Waals surface area contributed by atoms with E-state index in [0.717, 1.165) is 56.6 Å². The number of carboxylic acid groups (broad SMARTS) is 2. The van der Waals surface area contributed by atoms with Crippen LogP contribution in [-0.4, -0.2) is 182 Å². The molecule has 8 aromatic rings.